The van der Waals surface area contributed by atoms with Crippen molar-refractivity contribution in [2.75, 3.05) is 0 Å². The summed E-state index contributed by atoms with van der Waals surface area (Å²) in [6, 6.07) is 2.59. The predicted octanol–water partition coefficient (Wildman–Crippen LogP) is 3.40. The van der Waals surface area contributed by atoms with Gasteiger partial charge in [0.15, 0.2) is 0 Å². The highest BCUT2D eigenvalue weighted by Gasteiger charge is 2.36. The number of benzene rings is 1. The SMILES string of the molecule is CCC(C)C(NN)c1cccc(C(F)(F)F)c1F. The van der Waals surface area contributed by atoms with Crippen LogP contribution < -0.4 is 11.3 Å². The van der Waals surface area contributed by atoms with Crippen LogP contribution >= 0.6 is 0 Å². The summed E-state index contributed by atoms with van der Waals surface area (Å²) < 4.78 is 51.6. The van der Waals surface area contributed by atoms with E-state index in [-0.39, 0.29) is 11.5 Å². The lowest BCUT2D eigenvalue weighted by atomic mass is 9.91. The van der Waals surface area contributed by atoms with E-state index in [1.807, 2.05) is 6.92 Å². The van der Waals surface area contributed by atoms with Gasteiger partial charge >= 0.3 is 6.18 Å². The Morgan fingerprint density at radius 3 is 2.39 bits per heavy atom. The zero-order valence-electron chi connectivity index (χ0n) is 10.2. The maximum absolute atomic E-state index is 13.9. The molecule has 0 bridgehead atoms. The number of hydrogen-bond donors (Lipinski definition) is 2. The van der Waals surface area contributed by atoms with Crippen LogP contribution in [0.4, 0.5) is 17.6 Å². The van der Waals surface area contributed by atoms with E-state index in [4.69, 9.17) is 5.84 Å². The molecule has 0 heterocycles. The first kappa shape index (κ1) is 14.9. The van der Waals surface area contributed by atoms with Crippen molar-refractivity contribution in [2.24, 2.45) is 11.8 Å². The van der Waals surface area contributed by atoms with Crippen molar-refractivity contribution in [1.82, 2.24) is 5.43 Å². The molecule has 0 aliphatic rings. The van der Waals surface area contributed by atoms with Gasteiger partial charge in [0, 0.05) is 5.56 Å². The molecule has 3 N–H and O–H groups in total. The summed E-state index contributed by atoms with van der Waals surface area (Å²) in [5.74, 6) is 3.98. The molecule has 1 rings (SSSR count). The Morgan fingerprint density at radius 1 is 1.33 bits per heavy atom. The van der Waals surface area contributed by atoms with E-state index < -0.39 is 23.6 Å². The minimum atomic E-state index is -4.70. The molecule has 1 aromatic carbocycles. The van der Waals surface area contributed by atoms with Gasteiger partial charge in [-0.2, -0.15) is 13.2 Å². The smallest absolute Gasteiger partial charge is 0.271 e. The van der Waals surface area contributed by atoms with Gasteiger partial charge in [-0.15, -0.1) is 0 Å². The number of halogens is 4. The molecule has 0 radical (unpaired) electrons. The van der Waals surface area contributed by atoms with E-state index in [2.05, 4.69) is 5.43 Å². The summed E-state index contributed by atoms with van der Waals surface area (Å²) in [5.41, 5.74) is 1.07. The Hall–Kier alpha value is -1.14. The summed E-state index contributed by atoms with van der Waals surface area (Å²) in [6.07, 6.45) is -4.03. The fraction of sp³-hybridized carbons (Fsp3) is 0.500. The molecular weight excluding hydrogens is 248 g/mol. The van der Waals surface area contributed by atoms with Gasteiger partial charge in [-0.05, 0) is 12.0 Å². The van der Waals surface area contributed by atoms with Gasteiger partial charge in [-0.25, -0.2) is 4.39 Å². The van der Waals surface area contributed by atoms with Crippen molar-refractivity contribution in [2.45, 2.75) is 32.5 Å². The van der Waals surface area contributed by atoms with E-state index in [0.717, 1.165) is 6.07 Å². The van der Waals surface area contributed by atoms with Crippen molar-refractivity contribution < 1.29 is 17.6 Å². The van der Waals surface area contributed by atoms with Crippen molar-refractivity contribution in [3.05, 3.63) is 35.1 Å². The summed E-state index contributed by atoms with van der Waals surface area (Å²) in [5, 5.41) is 0. The molecule has 2 nitrogen and oxygen atoms in total. The molecule has 0 spiro atoms. The fourth-order valence-electron chi connectivity index (χ4n) is 1.81. The lowest BCUT2D eigenvalue weighted by molar-refractivity contribution is -0.140. The van der Waals surface area contributed by atoms with Crippen LogP contribution in [0.25, 0.3) is 0 Å². The number of alkyl halides is 3. The van der Waals surface area contributed by atoms with E-state index >= 15 is 0 Å². The molecule has 0 aliphatic heterocycles. The van der Waals surface area contributed by atoms with Crippen molar-refractivity contribution in [3.8, 4) is 0 Å². The Morgan fingerprint density at radius 2 is 1.94 bits per heavy atom. The Labute approximate surface area is 103 Å². The van der Waals surface area contributed by atoms with Crippen LogP contribution in [0, 0.1) is 11.7 Å². The van der Waals surface area contributed by atoms with Crippen LogP contribution in [-0.2, 0) is 6.18 Å². The molecule has 6 heteroatoms. The number of nitrogens with one attached hydrogen (secondary N) is 1. The predicted molar refractivity (Wildman–Crippen MR) is 60.9 cm³/mol. The molecule has 0 aliphatic carbocycles. The molecule has 102 valence electrons. The van der Waals surface area contributed by atoms with E-state index in [9.17, 15) is 17.6 Å². The van der Waals surface area contributed by atoms with Crippen molar-refractivity contribution in [1.29, 1.82) is 0 Å². The van der Waals surface area contributed by atoms with Gasteiger partial charge in [0.1, 0.15) is 5.82 Å². The molecule has 0 aromatic heterocycles. The van der Waals surface area contributed by atoms with Crippen LogP contribution in [0.5, 0.6) is 0 Å². The van der Waals surface area contributed by atoms with Gasteiger partial charge in [0.25, 0.3) is 0 Å². The number of hydrogen-bond acceptors (Lipinski definition) is 2. The number of nitrogens with two attached hydrogens (primary N) is 1. The second-order valence-corrected chi connectivity index (χ2v) is 4.24. The Balaban J connectivity index is 3.25. The summed E-state index contributed by atoms with van der Waals surface area (Å²) in [4.78, 5) is 0. The highest BCUT2D eigenvalue weighted by atomic mass is 19.4. The third-order valence-electron chi connectivity index (χ3n) is 3.06. The first-order valence-corrected chi connectivity index (χ1v) is 5.64. The Bertz CT molecular complexity index is 404. The van der Waals surface area contributed by atoms with Gasteiger partial charge in [0.2, 0.25) is 0 Å². The van der Waals surface area contributed by atoms with Gasteiger partial charge in [-0.1, -0.05) is 32.4 Å². The number of rotatable bonds is 4. The van der Waals surface area contributed by atoms with Gasteiger partial charge in [0.05, 0.1) is 11.6 Å². The first-order chi connectivity index (χ1) is 8.32. The molecule has 18 heavy (non-hydrogen) atoms. The van der Waals surface area contributed by atoms with Gasteiger partial charge in [-0.3, -0.25) is 11.3 Å². The second-order valence-electron chi connectivity index (χ2n) is 4.24. The lowest BCUT2D eigenvalue weighted by Gasteiger charge is -2.24. The molecule has 0 fully saturated rings. The first-order valence-electron chi connectivity index (χ1n) is 5.64. The maximum atomic E-state index is 13.9. The van der Waals surface area contributed by atoms with E-state index in [0.29, 0.717) is 6.42 Å². The average Bonchev–Trinajstić information content (AvgIpc) is 2.30. The molecule has 0 amide bonds. The highest BCUT2D eigenvalue weighted by Crippen LogP contribution is 2.35. The normalized spacial score (nSPS) is 15.5. The average molecular weight is 264 g/mol. The van der Waals surface area contributed by atoms with Crippen LogP contribution in [0.2, 0.25) is 0 Å². The largest absolute Gasteiger partial charge is 0.419 e. The molecule has 1 aromatic rings. The minimum Gasteiger partial charge on any atom is -0.271 e. The van der Waals surface area contributed by atoms with Crippen molar-refractivity contribution >= 4 is 0 Å². The maximum Gasteiger partial charge on any atom is 0.419 e. The quantitative estimate of drug-likeness (QED) is 0.497. The monoisotopic (exact) mass is 264 g/mol. The number of hydrazine groups is 1. The van der Waals surface area contributed by atoms with E-state index in [1.54, 1.807) is 6.92 Å². The Kier molecular flexibility index (Phi) is 4.70. The zero-order valence-corrected chi connectivity index (χ0v) is 10.2. The second kappa shape index (κ2) is 5.67. The van der Waals surface area contributed by atoms with Crippen LogP contribution in [0.1, 0.15) is 37.4 Å². The summed E-state index contributed by atoms with van der Waals surface area (Å²) >= 11 is 0. The lowest BCUT2D eigenvalue weighted by Crippen LogP contribution is -2.33. The molecule has 0 saturated carbocycles. The van der Waals surface area contributed by atoms with Gasteiger partial charge < -0.3 is 0 Å². The molecule has 2 atom stereocenters. The highest BCUT2D eigenvalue weighted by molar-refractivity contribution is 5.30. The fourth-order valence-corrected chi connectivity index (χ4v) is 1.81. The zero-order chi connectivity index (χ0) is 13.9. The van der Waals surface area contributed by atoms with Crippen molar-refractivity contribution in [3.63, 3.8) is 0 Å². The van der Waals surface area contributed by atoms with Crippen LogP contribution in [0.15, 0.2) is 18.2 Å². The van der Waals surface area contributed by atoms with E-state index in [1.165, 1.54) is 12.1 Å². The third kappa shape index (κ3) is 3.00. The summed E-state index contributed by atoms with van der Waals surface area (Å²) in [6.45, 7) is 3.66. The van der Waals surface area contributed by atoms with Crippen LogP contribution in [0.3, 0.4) is 0 Å². The minimum absolute atomic E-state index is 0.0540. The molecular formula is C12H16F4N2. The third-order valence-corrected chi connectivity index (χ3v) is 3.06. The molecule has 0 saturated heterocycles. The molecule has 2 unspecified atom stereocenters. The summed E-state index contributed by atoms with van der Waals surface area (Å²) in [7, 11) is 0. The van der Waals surface area contributed by atoms with Crippen LogP contribution in [-0.4, -0.2) is 0 Å². The standard InChI is InChI=1S/C12H16F4N2/c1-3-7(2)11(18-17)8-5-4-6-9(10(8)13)12(14,15)16/h4-7,11,18H,3,17H2,1-2H3. The topological polar surface area (TPSA) is 38.0 Å².